The molecule has 0 bridgehead atoms. The zero-order valence-electron chi connectivity index (χ0n) is 16.6. The average molecular weight is 402 g/mol. The number of methoxy groups -OCH3 is 1. The van der Waals surface area contributed by atoms with Gasteiger partial charge in [0.2, 0.25) is 0 Å². The van der Waals surface area contributed by atoms with E-state index < -0.39 is 42.5 Å². The molecule has 2 rings (SSSR count). The summed E-state index contributed by atoms with van der Waals surface area (Å²) in [7, 11) is 1.32. The number of halogens is 2. The Balaban J connectivity index is 1.93. The number of ether oxygens (including phenoxy) is 2. The van der Waals surface area contributed by atoms with E-state index in [1.165, 1.54) is 19.3 Å². The van der Waals surface area contributed by atoms with Gasteiger partial charge in [-0.3, -0.25) is 4.79 Å². The van der Waals surface area contributed by atoms with Crippen LogP contribution in [0.3, 0.4) is 0 Å². The molecule has 28 heavy (non-hydrogen) atoms. The summed E-state index contributed by atoms with van der Waals surface area (Å²) in [6, 6.07) is 0. The number of hydrogen-bond donors (Lipinski definition) is 2. The van der Waals surface area contributed by atoms with Crippen LogP contribution in [0.25, 0.3) is 0 Å². The summed E-state index contributed by atoms with van der Waals surface area (Å²) in [6.45, 7) is 1.95. The molecule has 0 aromatic rings. The summed E-state index contributed by atoms with van der Waals surface area (Å²) in [6.07, 6.45) is 2.70. The molecule has 7 heteroatoms. The number of aliphatic hydroxyl groups excluding tert-OH is 2. The lowest BCUT2D eigenvalue weighted by atomic mass is 9.89. The normalized spacial score (nSPS) is 33.1. The fourth-order valence-corrected chi connectivity index (χ4v) is 3.94. The van der Waals surface area contributed by atoms with Gasteiger partial charge in [0.1, 0.15) is 24.1 Å². The molecule has 2 fully saturated rings. The molecular weight excluding hydrogens is 370 g/mol. The molecule has 0 radical (unpaired) electrons. The number of unbranched alkanes of at least 4 members (excludes halogenated alkanes) is 2. The van der Waals surface area contributed by atoms with E-state index in [0.29, 0.717) is 25.7 Å². The summed E-state index contributed by atoms with van der Waals surface area (Å²) in [5, 5.41) is 20.2. The second-order valence-electron chi connectivity index (χ2n) is 7.62. The second kappa shape index (κ2) is 10.9. The number of carbonyl (C=O) groups excluding carboxylic acids is 1. The van der Waals surface area contributed by atoms with Crippen molar-refractivity contribution in [2.45, 2.75) is 82.5 Å². The molecule has 160 valence electrons. The van der Waals surface area contributed by atoms with Crippen LogP contribution in [0.15, 0.2) is 24.0 Å². The summed E-state index contributed by atoms with van der Waals surface area (Å²) < 4.78 is 39.1. The minimum absolute atomic E-state index is 0.233. The molecule has 0 spiro atoms. The van der Waals surface area contributed by atoms with Gasteiger partial charge >= 0.3 is 5.97 Å². The van der Waals surface area contributed by atoms with Crippen LogP contribution in [0.1, 0.15) is 51.9 Å². The van der Waals surface area contributed by atoms with Crippen molar-refractivity contribution in [2.75, 3.05) is 7.11 Å². The van der Waals surface area contributed by atoms with E-state index in [-0.39, 0.29) is 24.6 Å². The van der Waals surface area contributed by atoms with Crippen LogP contribution in [0, 0.1) is 11.8 Å². The van der Waals surface area contributed by atoms with Crippen LogP contribution in [0.2, 0.25) is 0 Å². The summed E-state index contributed by atoms with van der Waals surface area (Å²) in [5.74, 6) is -1.17. The Morgan fingerprint density at radius 3 is 2.86 bits per heavy atom. The Hall–Kier alpha value is -1.47. The van der Waals surface area contributed by atoms with Crippen LogP contribution >= 0.6 is 0 Å². The SMILES string of the molecule is CCCCC(F)[C@H](O)/C=C/[C@@H]1[C@H]2C(F)/C(=C/CCCC(=O)OC)O[C@@H]2C[C@H]1O. The Morgan fingerprint density at radius 1 is 1.43 bits per heavy atom. The van der Waals surface area contributed by atoms with Gasteiger partial charge in [0.25, 0.3) is 0 Å². The molecule has 1 saturated heterocycles. The van der Waals surface area contributed by atoms with Gasteiger partial charge in [-0.15, -0.1) is 0 Å². The summed E-state index contributed by atoms with van der Waals surface area (Å²) >= 11 is 0. The maximum absolute atomic E-state index is 14.9. The molecule has 7 atom stereocenters. The molecule has 1 heterocycles. The van der Waals surface area contributed by atoms with Crippen molar-refractivity contribution in [3.05, 3.63) is 24.0 Å². The molecule has 1 saturated carbocycles. The number of allylic oxidation sites excluding steroid dienone is 2. The van der Waals surface area contributed by atoms with Gasteiger partial charge in [0, 0.05) is 24.7 Å². The maximum atomic E-state index is 14.9. The highest BCUT2D eigenvalue weighted by Crippen LogP contribution is 2.47. The third-order valence-electron chi connectivity index (χ3n) is 5.58. The van der Waals surface area contributed by atoms with Crippen molar-refractivity contribution in [1.29, 1.82) is 0 Å². The van der Waals surface area contributed by atoms with Crippen LogP contribution in [-0.4, -0.2) is 53.9 Å². The first kappa shape index (κ1) is 22.8. The van der Waals surface area contributed by atoms with E-state index in [2.05, 4.69) is 4.74 Å². The monoisotopic (exact) mass is 402 g/mol. The van der Waals surface area contributed by atoms with Crippen molar-refractivity contribution in [1.82, 2.24) is 0 Å². The van der Waals surface area contributed by atoms with Crippen molar-refractivity contribution in [3.63, 3.8) is 0 Å². The number of esters is 1. The highest BCUT2D eigenvalue weighted by atomic mass is 19.1. The standard InChI is InChI=1S/C21H32F2O5/c1-3-4-7-14(22)15(24)11-10-13-16(25)12-18-20(13)21(23)17(28-18)8-5-6-9-19(26)27-2/h8,10-11,13-16,18,20-21,24-25H,3-7,9,12H2,1-2H3/b11-10+,17-8-/t13-,14?,15+,16+,18+,20+,21?/m0/s1. The number of alkyl halides is 2. The lowest BCUT2D eigenvalue weighted by Gasteiger charge is -2.19. The van der Waals surface area contributed by atoms with Crippen LogP contribution in [-0.2, 0) is 14.3 Å². The van der Waals surface area contributed by atoms with Crippen molar-refractivity contribution in [2.24, 2.45) is 11.8 Å². The van der Waals surface area contributed by atoms with Crippen LogP contribution < -0.4 is 0 Å². The zero-order chi connectivity index (χ0) is 20.7. The quantitative estimate of drug-likeness (QED) is 0.333. The number of hydrogen-bond acceptors (Lipinski definition) is 5. The first-order chi connectivity index (χ1) is 13.4. The van der Waals surface area contributed by atoms with Gasteiger partial charge in [0.05, 0.1) is 13.2 Å². The Morgan fingerprint density at radius 2 is 2.18 bits per heavy atom. The molecule has 5 nitrogen and oxygen atoms in total. The molecule has 2 unspecified atom stereocenters. The molecular formula is C21H32F2O5. The lowest BCUT2D eigenvalue weighted by Crippen LogP contribution is -2.26. The molecule has 1 aliphatic carbocycles. The largest absolute Gasteiger partial charge is 0.491 e. The molecule has 0 amide bonds. The van der Waals surface area contributed by atoms with E-state index in [1.54, 1.807) is 6.08 Å². The van der Waals surface area contributed by atoms with Gasteiger partial charge in [-0.05, 0) is 25.3 Å². The number of aliphatic hydroxyl groups is 2. The predicted molar refractivity (Wildman–Crippen MR) is 101 cm³/mol. The maximum Gasteiger partial charge on any atom is 0.305 e. The minimum atomic E-state index is -1.37. The fourth-order valence-electron chi connectivity index (χ4n) is 3.94. The van der Waals surface area contributed by atoms with E-state index in [4.69, 9.17) is 4.74 Å². The lowest BCUT2D eigenvalue weighted by molar-refractivity contribution is -0.140. The number of rotatable bonds is 10. The topological polar surface area (TPSA) is 76.0 Å². The van der Waals surface area contributed by atoms with E-state index in [9.17, 15) is 23.8 Å². The molecule has 2 aliphatic rings. The molecule has 2 N–H and O–H groups in total. The predicted octanol–water partition coefficient (Wildman–Crippen LogP) is 3.39. The molecule has 0 aromatic carbocycles. The summed E-state index contributed by atoms with van der Waals surface area (Å²) in [5.41, 5.74) is 0. The first-order valence-electron chi connectivity index (χ1n) is 10.1. The highest BCUT2D eigenvalue weighted by Gasteiger charge is 2.53. The first-order valence-corrected chi connectivity index (χ1v) is 10.1. The Labute approximate surface area is 165 Å². The average Bonchev–Trinajstić information content (AvgIpc) is 3.15. The summed E-state index contributed by atoms with van der Waals surface area (Å²) in [4.78, 5) is 11.1. The number of carbonyl (C=O) groups is 1. The zero-order valence-corrected chi connectivity index (χ0v) is 16.6. The van der Waals surface area contributed by atoms with Gasteiger partial charge < -0.3 is 19.7 Å². The van der Waals surface area contributed by atoms with Crippen LogP contribution in [0.4, 0.5) is 8.78 Å². The van der Waals surface area contributed by atoms with E-state index in [0.717, 1.165) is 6.42 Å². The third kappa shape index (κ3) is 5.77. The van der Waals surface area contributed by atoms with Crippen molar-refractivity contribution in [3.8, 4) is 0 Å². The highest BCUT2D eigenvalue weighted by molar-refractivity contribution is 5.69. The minimum Gasteiger partial charge on any atom is -0.491 e. The smallest absolute Gasteiger partial charge is 0.305 e. The van der Waals surface area contributed by atoms with Gasteiger partial charge in [-0.1, -0.05) is 31.9 Å². The molecule has 0 aromatic heterocycles. The van der Waals surface area contributed by atoms with Crippen molar-refractivity contribution >= 4 is 5.97 Å². The van der Waals surface area contributed by atoms with Gasteiger partial charge in [0.15, 0.2) is 6.17 Å². The second-order valence-corrected chi connectivity index (χ2v) is 7.62. The number of fused-ring (bicyclic) bond motifs is 1. The Bertz CT molecular complexity index is 565. The fraction of sp³-hybridized carbons (Fsp3) is 0.762. The Kier molecular flexibility index (Phi) is 8.89. The van der Waals surface area contributed by atoms with Gasteiger partial charge in [-0.2, -0.15) is 0 Å². The van der Waals surface area contributed by atoms with E-state index in [1.807, 2.05) is 6.92 Å². The van der Waals surface area contributed by atoms with Gasteiger partial charge in [-0.25, -0.2) is 8.78 Å². The van der Waals surface area contributed by atoms with Crippen LogP contribution in [0.5, 0.6) is 0 Å². The van der Waals surface area contributed by atoms with E-state index >= 15 is 0 Å². The third-order valence-corrected chi connectivity index (χ3v) is 5.58. The van der Waals surface area contributed by atoms with Crippen molar-refractivity contribution < 1.29 is 33.3 Å². The molecule has 1 aliphatic heterocycles.